The number of carbonyl (C=O) groups excluding carboxylic acids is 2. The molecule has 0 aromatic heterocycles. The van der Waals surface area contributed by atoms with Crippen LogP contribution in [0, 0.1) is 0 Å². The van der Waals surface area contributed by atoms with Gasteiger partial charge >= 0.3 is 12.1 Å². The van der Waals surface area contributed by atoms with Crippen LogP contribution in [-0.2, 0) is 20.9 Å². The lowest BCUT2D eigenvalue weighted by Crippen LogP contribution is -2.41. The van der Waals surface area contributed by atoms with E-state index in [2.05, 4.69) is 10.6 Å². The molecule has 0 radical (unpaired) electrons. The number of aliphatic carboxylic acids is 1. The number of ether oxygens (including phenoxy) is 1. The van der Waals surface area contributed by atoms with E-state index < -0.39 is 18.1 Å². The van der Waals surface area contributed by atoms with Crippen molar-refractivity contribution in [2.75, 3.05) is 6.54 Å². The first kappa shape index (κ1) is 17.5. The molecule has 3 N–H and O–H groups in total. The lowest BCUT2D eigenvalue weighted by molar-refractivity contribution is -0.139. The summed E-state index contributed by atoms with van der Waals surface area (Å²) in [6.45, 7) is 0.566. The van der Waals surface area contributed by atoms with E-state index in [0.29, 0.717) is 25.8 Å². The number of hydrogen-bond acceptors (Lipinski definition) is 4. The molecule has 22 heavy (non-hydrogen) atoms. The molecule has 0 aliphatic heterocycles. The normalized spacial score (nSPS) is 11.3. The van der Waals surface area contributed by atoms with Gasteiger partial charge in [-0.1, -0.05) is 30.3 Å². The van der Waals surface area contributed by atoms with Crippen molar-refractivity contribution >= 4 is 18.5 Å². The number of amides is 2. The van der Waals surface area contributed by atoms with Crippen LogP contribution in [0.1, 0.15) is 24.8 Å². The Kier molecular flexibility index (Phi) is 8.10. The third-order valence-corrected chi connectivity index (χ3v) is 2.95. The monoisotopic (exact) mass is 308 g/mol. The maximum Gasteiger partial charge on any atom is 0.408 e. The largest absolute Gasteiger partial charge is 0.480 e. The average Bonchev–Trinajstić information content (AvgIpc) is 2.52. The van der Waals surface area contributed by atoms with Crippen LogP contribution in [0.3, 0.4) is 0 Å². The second-order valence-electron chi connectivity index (χ2n) is 4.66. The molecule has 0 aliphatic carbocycles. The first-order valence-corrected chi connectivity index (χ1v) is 7.00. The van der Waals surface area contributed by atoms with Crippen molar-refractivity contribution in [1.82, 2.24) is 10.6 Å². The van der Waals surface area contributed by atoms with Crippen LogP contribution < -0.4 is 10.6 Å². The highest BCUT2D eigenvalue weighted by molar-refractivity contribution is 5.79. The summed E-state index contributed by atoms with van der Waals surface area (Å²) in [4.78, 5) is 32.8. The van der Waals surface area contributed by atoms with Gasteiger partial charge in [0.1, 0.15) is 12.6 Å². The molecule has 0 saturated heterocycles. The van der Waals surface area contributed by atoms with E-state index in [-0.39, 0.29) is 13.0 Å². The van der Waals surface area contributed by atoms with Gasteiger partial charge in [-0.05, 0) is 24.8 Å². The summed E-state index contributed by atoms with van der Waals surface area (Å²) in [6.07, 6.45) is 1.31. The van der Waals surface area contributed by atoms with Gasteiger partial charge in [-0.2, -0.15) is 0 Å². The van der Waals surface area contributed by atoms with Crippen LogP contribution in [-0.4, -0.2) is 36.2 Å². The molecule has 0 bridgehead atoms. The van der Waals surface area contributed by atoms with Crippen molar-refractivity contribution < 1.29 is 24.2 Å². The fourth-order valence-corrected chi connectivity index (χ4v) is 1.80. The number of unbranched alkanes of at least 4 members (excludes halogenated alkanes) is 1. The highest BCUT2D eigenvalue weighted by atomic mass is 16.5. The number of nitrogens with one attached hydrogen (secondary N) is 2. The third-order valence-electron chi connectivity index (χ3n) is 2.95. The highest BCUT2D eigenvalue weighted by Gasteiger charge is 2.20. The summed E-state index contributed by atoms with van der Waals surface area (Å²) in [6, 6.07) is 8.11. The Hall–Kier alpha value is -2.57. The van der Waals surface area contributed by atoms with Crippen LogP contribution in [0.4, 0.5) is 4.79 Å². The Morgan fingerprint density at radius 2 is 1.95 bits per heavy atom. The summed E-state index contributed by atoms with van der Waals surface area (Å²) < 4.78 is 4.98. The molecule has 7 nitrogen and oxygen atoms in total. The van der Waals surface area contributed by atoms with Crippen LogP contribution >= 0.6 is 0 Å². The molecule has 1 atom stereocenters. The van der Waals surface area contributed by atoms with Crippen LogP contribution in [0.5, 0.6) is 0 Å². The zero-order chi connectivity index (χ0) is 16.2. The molecule has 120 valence electrons. The lowest BCUT2D eigenvalue weighted by atomic mass is 10.1. The Morgan fingerprint density at radius 3 is 2.59 bits per heavy atom. The summed E-state index contributed by atoms with van der Waals surface area (Å²) >= 11 is 0. The molecule has 0 spiro atoms. The van der Waals surface area contributed by atoms with Crippen molar-refractivity contribution in [3.63, 3.8) is 0 Å². The Balaban J connectivity index is 2.30. The Bertz CT molecular complexity index is 478. The van der Waals surface area contributed by atoms with Crippen molar-refractivity contribution in [3.8, 4) is 0 Å². The minimum atomic E-state index is -1.11. The fourth-order valence-electron chi connectivity index (χ4n) is 1.80. The van der Waals surface area contributed by atoms with Gasteiger partial charge in [0.05, 0.1) is 0 Å². The van der Waals surface area contributed by atoms with E-state index in [1.165, 1.54) is 0 Å². The van der Waals surface area contributed by atoms with Gasteiger partial charge in [0.2, 0.25) is 6.41 Å². The number of benzene rings is 1. The van der Waals surface area contributed by atoms with Gasteiger partial charge < -0.3 is 20.5 Å². The van der Waals surface area contributed by atoms with Crippen molar-refractivity contribution in [2.45, 2.75) is 31.9 Å². The predicted molar refractivity (Wildman–Crippen MR) is 79.1 cm³/mol. The predicted octanol–water partition coefficient (Wildman–Crippen LogP) is 1.28. The molecule has 0 unspecified atom stereocenters. The van der Waals surface area contributed by atoms with Gasteiger partial charge in [-0.25, -0.2) is 9.59 Å². The van der Waals surface area contributed by atoms with E-state index in [0.717, 1.165) is 5.56 Å². The lowest BCUT2D eigenvalue weighted by Gasteiger charge is -2.14. The minimum absolute atomic E-state index is 0.0856. The number of carbonyl (C=O) groups is 3. The fraction of sp³-hybridized carbons (Fsp3) is 0.400. The molecule has 0 fully saturated rings. The summed E-state index contributed by atoms with van der Waals surface area (Å²) in [5, 5.41) is 13.9. The number of carboxylic acid groups (broad SMARTS) is 1. The van der Waals surface area contributed by atoms with Gasteiger partial charge in [-0.3, -0.25) is 4.79 Å². The molecule has 1 aromatic rings. The molecule has 0 aliphatic rings. The maximum atomic E-state index is 11.6. The number of carboxylic acids is 1. The second kappa shape index (κ2) is 10.2. The van der Waals surface area contributed by atoms with E-state index in [9.17, 15) is 14.4 Å². The first-order chi connectivity index (χ1) is 10.6. The summed E-state index contributed by atoms with van der Waals surface area (Å²) in [7, 11) is 0. The average molecular weight is 308 g/mol. The van der Waals surface area contributed by atoms with Crippen LogP contribution in [0.2, 0.25) is 0 Å². The Morgan fingerprint density at radius 1 is 1.23 bits per heavy atom. The van der Waals surface area contributed by atoms with Crippen molar-refractivity contribution in [1.29, 1.82) is 0 Å². The van der Waals surface area contributed by atoms with E-state index in [4.69, 9.17) is 9.84 Å². The van der Waals surface area contributed by atoms with Crippen molar-refractivity contribution in [2.24, 2.45) is 0 Å². The van der Waals surface area contributed by atoms with E-state index >= 15 is 0 Å². The SMILES string of the molecule is O=CNCCCC[C@H](NC(=O)OCc1ccccc1)C(=O)O. The zero-order valence-electron chi connectivity index (χ0n) is 12.2. The minimum Gasteiger partial charge on any atom is -0.480 e. The van der Waals surface area contributed by atoms with E-state index in [1.54, 1.807) is 0 Å². The van der Waals surface area contributed by atoms with Gasteiger partial charge in [0.25, 0.3) is 0 Å². The second-order valence-corrected chi connectivity index (χ2v) is 4.66. The van der Waals surface area contributed by atoms with Gasteiger partial charge in [0, 0.05) is 6.54 Å². The smallest absolute Gasteiger partial charge is 0.408 e. The molecule has 2 amide bonds. The maximum absolute atomic E-state index is 11.6. The summed E-state index contributed by atoms with van der Waals surface area (Å²) in [5.41, 5.74) is 0.824. The van der Waals surface area contributed by atoms with Crippen LogP contribution in [0.15, 0.2) is 30.3 Å². The Labute approximate surface area is 128 Å². The number of hydrogen-bond donors (Lipinski definition) is 3. The molecule has 0 heterocycles. The summed E-state index contributed by atoms with van der Waals surface area (Å²) in [5.74, 6) is -1.11. The zero-order valence-corrected chi connectivity index (χ0v) is 12.2. The molecule has 1 aromatic carbocycles. The topological polar surface area (TPSA) is 105 Å². The van der Waals surface area contributed by atoms with Gasteiger partial charge in [-0.15, -0.1) is 0 Å². The molecule has 1 rings (SSSR count). The molecular weight excluding hydrogens is 288 g/mol. The van der Waals surface area contributed by atoms with Crippen LogP contribution in [0.25, 0.3) is 0 Å². The molecular formula is C15H20N2O5. The number of alkyl carbamates (subject to hydrolysis) is 1. The molecule has 7 heteroatoms. The first-order valence-electron chi connectivity index (χ1n) is 7.00. The highest BCUT2D eigenvalue weighted by Crippen LogP contribution is 2.04. The van der Waals surface area contributed by atoms with Gasteiger partial charge in [0.15, 0.2) is 0 Å². The number of rotatable bonds is 10. The quantitative estimate of drug-likeness (QED) is 0.446. The van der Waals surface area contributed by atoms with Crippen molar-refractivity contribution in [3.05, 3.63) is 35.9 Å². The molecule has 0 saturated carbocycles. The van der Waals surface area contributed by atoms with E-state index in [1.807, 2.05) is 30.3 Å². The standard InChI is InChI=1S/C15H20N2O5/c18-11-16-9-5-4-8-13(14(19)20)17-15(21)22-10-12-6-2-1-3-7-12/h1-3,6-7,11,13H,4-5,8-10H2,(H,16,18)(H,17,21)(H,19,20)/t13-/m0/s1. The third kappa shape index (κ3) is 7.28.